The third-order valence-corrected chi connectivity index (χ3v) is 1.85. The van der Waals surface area contributed by atoms with Gasteiger partial charge in [-0.05, 0) is 33.1 Å². The van der Waals surface area contributed by atoms with Crippen LogP contribution in [0, 0.1) is 11.8 Å². The fraction of sp³-hybridized carbons (Fsp3) is 0.700. The zero-order valence-electron chi connectivity index (χ0n) is 7.96. The monoisotopic (exact) mass is 168 g/mol. The van der Waals surface area contributed by atoms with Gasteiger partial charge in [0, 0.05) is 0 Å². The molecule has 0 radical (unpaired) electrons. The molecule has 0 saturated heterocycles. The van der Waals surface area contributed by atoms with Crippen molar-refractivity contribution in [3.8, 4) is 0 Å². The van der Waals surface area contributed by atoms with E-state index in [1.807, 2.05) is 26.8 Å². The smallest absolute Gasteiger partial charge is 0.310 e. The van der Waals surface area contributed by atoms with Gasteiger partial charge in [-0.1, -0.05) is 6.08 Å². The Hall–Kier alpha value is -0.790. The fourth-order valence-corrected chi connectivity index (χ4v) is 1.12. The molecule has 2 heteroatoms. The van der Waals surface area contributed by atoms with Crippen LogP contribution in [0.1, 0.15) is 27.2 Å². The Labute approximate surface area is 73.6 Å². The van der Waals surface area contributed by atoms with Gasteiger partial charge in [0.15, 0.2) is 0 Å². The molecule has 0 heterocycles. The Bertz CT molecular complexity index is 200. The molecule has 2 nitrogen and oxygen atoms in total. The van der Waals surface area contributed by atoms with Gasteiger partial charge in [-0.2, -0.15) is 0 Å². The second-order valence-corrected chi connectivity index (χ2v) is 4.28. The van der Waals surface area contributed by atoms with Crippen LogP contribution in [0.2, 0.25) is 0 Å². The largest absolute Gasteiger partial charge is 0.460 e. The maximum atomic E-state index is 11.3. The van der Waals surface area contributed by atoms with E-state index in [4.69, 9.17) is 4.74 Å². The summed E-state index contributed by atoms with van der Waals surface area (Å²) in [5.41, 5.74) is -0.356. The number of rotatable bonds is 2. The summed E-state index contributed by atoms with van der Waals surface area (Å²) in [7, 11) is 0. The minimum absolute atomic E-state index is 0.0765. The number of carbonyl (C=O) groups is 1. The number of hydrogen-bond acceptors (Lipinski definition) is 2. The van der Waals surface area contributed by atoms with Crippen molar-refractivity contribution in [1.29, 1.82) is 0 Å². The lowest BCUT2D eigenvalue weighted by Crippen LogP contribution is -2.25. The number of carbonyl (C=O) groups excluding carboxylic acids is 1. The highest BCUT2D eigenvalue weighted by Crippen LogP contribution is 2.40. The summed E-state index contributed by atoms with van der Waals surface area (Å²) < 4.78 is 5.21. The van der Waals surface area contributed by atoms with Gasteiger partial charge in [-0.25, -0.2) is 0 Å². The molecule has 68 valence electrons. The average molecular weight is 168 g/mol. The van der Waals surface area contributed by atoms with E-state index in [2.05, 4.69) is 6.58 Å². The van der Waals surface area contributed by atoms with E-state index in [1.165, 1.54) is 0 Å². The first-order valence-corrected chi connectivity index (χ1v) is 4.29. The molecule has 12 heavy (non-hydrogen) atoms. The van der Waals surface area contributed by atoms with Crippen molar-refractivity contribution in [2.45, 2.75) is 32.8 Å². The average Bonchev–Trinajstić information content (AvgIpc) is 2.60. The van der Waals surface area contributed by atoms with E-state index in [0.717, 1.165) is 6.42 Å². The topological polar surface area (TPSA) is 26.3 Å². The standard InChI is InChI=1S/C10H16O2/c1-5-7-6-8(7)9(11)12-10(2,3)4/h5,7-8H,1,6H2,2-4H3/t7-,8-/m1/s1. The molecule has 1 aliphatic rings. The Kier molecular flexibility index (Phi) is 2.27. The van der Waals surface area contributed by atoms with Crippen LogP contribution < -0.4 is 0 Å². The molecule has 1 rings (SSSR count). The molecule has 2 atom stereocenters. The van der Waals surface area contributed by atoms with Gasteiger partial charge in [-0.15, -0.1) is 6.58 Å². The second kappa shape index (κ2) is 2.92. The lowest BCUT2D eigenvalue weighted by atomic mass is 10.2. The van der Waals surface area contributed by atoms with Crippen molar-refractivity contribution in [2.24, 2.45) is 11.8 Å². The summed E-state index contributed by atoms with van der Waals surface area (Å²) in [5, 5.41) is 0. The maximum absolute atomic E-state index is 11.3. The highest BCUT2D eigenvalue weighted by Gasteiger charge is 2.43. The number of esters is 1. The molecule has 0 N–H and O–H groups in total. The molecule has 0 aromatic carbocycles. The van der Waals surface area contributed by atoms with Crippen molar-refractivity contribution in [1.82, 2.24) is 0 Å². The van der Waals surface area contributed by atoms with Crippen LogP contribution in [-0.4, -0.2) is 11.6 Å². The van der Waals surface area contributed by atoms with E-state index in [-0.39, 0.29) is 17.5 Å². The first-order chi connectivity index (χ1) is 5.44. The summed E-state index contributed by atoms with van der Waals surface area (Å²) in [6, 6.07) is 0. The summed E-state index contributed by atoms with van der Waals surface area (Å²) in [5.74, 6) is 0.369. The molecule has 0 amide bonds. The van der Waals surface area contributed by atoms with Crippen LogP contribution in [0.3, 0.4) is 0 Å². The van der Waals surface area contributed by atoms with Gasteiger partial charge in [0.2, 0.25) is 0 Å². The number of ether oxygens (including phenoxy) is 1. The van der Waals surface area contributed by atoms with Crippen molar-refractivity contribution in [3.63, 3.8) is 0 Å². The summed E-state index contributed by atoms with van der Waals surface area (Å²) >= 11 is 0. The minimum atomic E-state index is -0.356. The van der Waals surface area contributed by atoms with Crippen LogP contribution in [0.25, 0.3) is 0 Å². The van der Waals surface area contributed by atoms with Crippen LogP contribution >= 0.6 is 0 Å². The second-order valence-electron chi connectivity index (χ2n) is 4.28. The van der Waals surface area contributed by atoms with Gasteiger partial charge in [-0.3, -0.25) is 4.79 Å². The highest BCUT2D eigenvalue weighted by molar-refractivity contribution is 5.76. The van der Waals surface area contributed by atoms with Gasteiger partial charge in [0.1, 0.15) is 5.60 Å². The van der Waals surface area contributed by atoms with Gasteiger partial charge >= 0.3 is 5.97 Å². The Morgan fingerprint density at radius 3 is 2.50 bits per heavy atom. The molecule has 0 bridgehead atoms. The van der Waals surface area contributed by atoms with Crippen LogP contribution in [0.15, 0.2) is 12.7 Å². The summed E-state index contributed by atoms with van der Waals surface area (Å²) in [6.45, 7) is 9.30. The molecule has 0 aliphatic heterocycles. The zero-order valence-corrected chi connectivity index (χ0v) is 7.96. The first-order valence-electron chi connectivity index (χ1n) is 4.29. The van der Waals surface area contributed by atoms with Gasteiger partial charge in [0.05, 0.1) is 5.92 Å². The lowest BCUT2D eigenvalue weighted by molar-refractivity contribution is -0.156. The molecule has 0 spiro atoms. The Balaban J connectivity index is 2.36. The predicted molar refractivity (Wildman–Crippen MR) is 47.6 cm³/mol. The zero-order chi connectivity index (χ0) is 9.35. The maximum Gasteiger partial charge on any atom is 0.310 e. The first kappa shape index (κ1) is 9.30. The molecule has 1 aliphatic carbocycles. The molecule has 1 fully saturated rings. The summed E-state index contributed by atoms with van der Waals surface area (Å²) in [6.07, 6.45) is 2.74. The molecule has 1 saturated carbocycles. The Morgan fingerprint density at radius 2 is 2.17 bits per heavy atom. The normalized spacial score (nSPS) is 27.9. The van der Waals surface area contributed by atoms with E-state index in [9.17, 15) is 4.79 Å². The third kappa shape index (κ3) is 2.36. The van der Waals surface area contributed by atoms with Crippen LogP contribution in [0.5, 0.6) is 0 Å². The Morgan fingerprint density at radius 1 is 1.58 bits per heavy atom. The number of allylic oxidation sites excluding steroid dienone is 1. The minimum Gasteiger partial charge on any atom is -0.460 e. The van der Waals surface area contributed by atoms with Crippen molar-refractivity contribution in [3.05, 3.63) is 12.7 Å². The molecule has 0 unspecified atom stereocenters. The molecular formula is C10H16O2. The predicted octanol–water partition coefficient (Wildman–Crippen LogP) is 2.15. The van der Waals surface area contributed by atoms with Crippen molar-refractivity contribution < 1.29 is 9.53 Å². The molecule has 0 aromatic rings. The van der Waals surface area contributed by atoms with Crippen LogP contribution in [-0.2, 0) is 9.53 Å². The molecular weight excluding hydrogens is 152 g/mol. The van der Waals surface area contributed by atoms with Gasteiger partial charge in [0.25, 0.3) is 0 Å². The SMILES string of the molecule is C=C[C@@H]1C[C@H]1C(=O)OC(C)(C)C. The quantitative estimate of drug-likeness (QED) is 0.466. The molecule has 0 aromatic heterocycles. The van der Waals surface area contributed by atoms with Gasteiger partial charge < -0.3 is 4.74 Å². The third-order valence-electron chi connectivity index (χ3n) is 1.85. The van der Waals surface area contributed by atoms with E-state index >= 15 is 0 Å². The fourth-order valence-electron chi connectivity index (χ4n) is 1.12. The van der Waals surface area contributed by atoms with E-state index in [1.54, 1.807) is 0 Å². The van der Waals surface area contributed by atoms with E-state index in [0.29, 0.717) is 5.92 Å². The van der Waals surface area contributed by atoms with Crippen LogP contribution in [0.4, 0.5) is 0 Å². The van der Waals surface area contributed by atoms with Crippen molar-refractivity contribution >= 4 is 5.97 Å². The lowest BCUT2D eigenvalue weighted by Gasteiger charge is -2.19. The van der Waals surface area contributed by atoms with Crippen molar-refractivity contribution in [2.75, 3.05) is 0 Å². The summed E-state index contributed by atoms with van der Waals surface area (Å²) in [4.78, 5) is 11.3. The van der Waals surface area contributed by atoms with E-state index < -0.39 is 0 Å². The highest BCUT2D eigenvalue weighted by atomic mass is 16.6. The number of hydrogen-bond donors (Lipinski definition) is 0.